The molecule has 4 rings (SSSR count). The van der Waals surface area contributed by atoms with E-state index in [1.165, 1.54) is 12.3 Å². The molecule has 0 saturated carbocycles. The molecule has 0 fully saturated rings. The van der Waals surface area contributed by atoms with Gasteiger partial charge in [0.15, 0.2) is 17.3 Å². The lowest BCUT2D eigenvalue weighted by Crippen LogP contribution is -2.48. The zero-order valence-electron chi connectivity index (χ0n) is 19.1. The zero-order chi connectivity index (χ0) is 23.4. The molecule has 1 aliphatic rings. The number of carbonyl (C=O) groups is 1. The highest BCUT2D eigenvalue weighted by Gasteiger charge is 2.35. The third-order valence-electron chi connectivity index (χ3n) is 6.24. The zero-order valence-corrected chi connectivity index (χ0v) is 19.1. The van der Waals surface area contributed by atoms with Gasteiger partial charge < -0.3 is 19.2 Å². The van der Waals surface area contributed by atoms with Crippen molar-refractivity contribution in [2.24, 2.45) is 0 Å². The van der Waals surface area contributed by atoms with Gasteiger partial charge in [0.2, 0.25) is 0 Å². The number of nitrogens with one attached hydrogen (secondary N) is 1. The summed E-state index contributed by atoms with van der Waals surface area (Å²) in [5, 5.41) is 3.14. The molecule has 6 nitrogen and oxygen atoms in total. The Labute approximate surface area is 193 Å². The summed E-state index contributed by atoms with van der Waals surface area (Å²) in [7, 11) is 3.22. The average molecular weight is 453 g/mol. The van der Waals surface area contributed by atoms with E-state index in [1.54, 1.807) is 38.5 Å². The van der Waals surface area contributed by atoms with Crippen molar-refractivity contribution >= 4 is 5.91 Å². The Morgan fingerprint density at radius 1 is 1.18 bits per heavy atom. The van der Waals surface area contributed by atoms with E-state index in [0.717, 1.165) is 17.5 Å². The van der Waals surface area contributed by atoms with Crippen molar-refractivity contribution in [2.75, 3.05) is 20.8 Å². The maximum absolute atomic E-state index is 14.5. The maximum atomic E-state index is 14.5. The van der Waals surface area contributed by atoms with Crippen molar-refractivity contribution < 1.29 is 23.1 Å². The molecule has 2 atom stereocenters. The van der Waals surface area contributed by atoms with E-state index < -0.39 is 0 Å². The molecule has 0 bridgehead atoms. The number of carbonyl (C=O) groups excluding carboxylic acids is 1. The number of hydrogen-bond donors (Lipinski definition) is 1. The second kappa shape index (κ2) is 10.1. The number of hydrogen-bond acceptors (Lipinski definition) is 5. The van der Waals surface area contributed by atoms with E-state index in [9.17, 15) is 9.18 Å². The van der Waals surface area contributed by atoms with Crippen LogP contribution in [0.25, 0.3) is 0 Å². The number of benzene rings is 2. The minimum atomic E-state index is -0.273. The van der Waals surface area contributed by atoms with Crippen LogP contribution in [0.2, 0.25) is 0 Å². The maximum Gasteiger partial charge on any atom is 0.287 e. The Hall–Kier alpha value is -3.32. The minimum Gasteiger partial charge on any atom is -0.493 e. The number of fused-ring (bicyclic) bond motifs is 1. The molecular formula is C26H29FN2O4. The molecule has 0 spiro atoms. The lowest BCUT2D eigenvalue weighted by atomic mass is 9.86. The Kier molecular flexibility index (Phi) is 6.99. The summed E-state index contributed by atoms with van der Waals surface area (Å²) < 4.78 is 30.9. The number of methoxy groups -OCH3 is 2. The van der Waals surface area contributed by atoms with E-state index in [2.05, 4.69) is 10.2 Å². The van der Waals surface area contributed by atoms with Crippen LogP contribution in [-0.4, -0.2) is 37.6 Å². The molecule has 0 saturated heterocycles. The van der Waals surface area contributed by atoms with Gasteiger partial charge in [0.1, 0.15) is 5.82 Å². The molecule has 174 valence electrons. The summed E-state index contributed by atoms with van der Waals surface area (Å²) >= 11 is 0. The van der Waals surface area contributed by atoms with Crippen LogP contribution in [0.1, 0.15) is 46.6 Å². The first kappa shape index (κ1) is 22.9. The Balaban J connectivity index is 1.74. The summed E-state index contributed by atoms with van der Waals surface area (Å²) in [6, 6.07) is 13.7. The summed E-state index contributed by atoms with van der Waals surface area (Å²) in [6.07, 6.45) is 2.94. The highest BCUT2D eigenvalue weighted by atomic mass is 19.1. The fourth-order valence-electron chi connectivity index (χ4n) is 4.57. The van der Waals surface area contributed by atoms with Gasteiger partial charge in [-0.25, -0.2) is 4.39 Å². The van der Waals surface area contributed by atoms with E-state index in [-0.39, 0.29) is 29.6 Å². The quantitative estimate of drug-likeness (QED) is 0.535. The van der Waals surface area contributed by atoms with Gasteiger partial charge in [-0.15, -0.1) is 0 Å². The molecule has 33 heavy (non-hydrogen) atoms. The smallest absolute Gasteiger partial charge is 0.287 e. The number of halogens is 1. The highest BCUT2D eigenvalue weighted by molar-refractivity contribution is 5.91. The van der Waals surface area contributed by atoms with Crippen molar-refractivity contribution in [2.45, 2.75) is 38.4 Å². The minimum absolute atomic E-state index is 0.183. The van der Waals surface area contributed by atoms with E-state index in [1.807, 2.05) is 25.1 Å². The first-order valence-corrected chi connectivity index (χ1v) is 11.1. The third-order valence-corrected chi connectivity index (χ3v) is 6.24. The molecule has 3 aromatic rings. The number of ether oxygens (including phenoxy) is 2. The SMILES string of the molecule is CCC(NC(=O)c1ccco1)C1c2cc(OC)c(OC)cc2CCN1Cc1ccccc1F. The lowest BCUT2D eigenvalue weighted by Gasteiger charge is -2.42. The Bertz CT molecular complexity index is 1100. The van der Waals surface area contributed by atoms with Gasteiger partial charge >= 0.3 is 0 Å². The van der Waals surface area contributed by atoms with Crippen molar-refractivity contribution in [3.05, 3.63) is 83.1 Å². The topological polar surface area (TPSA) is 63.9 Å². The van der Waals surface area contributed by atoms with Gasteiger partial charge in [-0.2, -0.15) is 0 Å². The Morgan fingerprint density at radius 2 is 1.94 bits per heavy atom. The summed E-state index contributed by atoms with van der Waals surface area (Å²) in [5.41, 5.74) is 2.80. The molecule has 1 N–H and O–H groups in total. The van der Waals surface area contributed by atoms with Crippen molar-refractivity contribution in [3.63, 3.8) is 0 Å². The summed E-state index contributed by atoms with van der Waals surface area (Å²) in [5.74, 6) is 1.05. The standard InChI is InChI=1S/C26H29FN2O4/c1-4-21(28-26(30)22-10-7-13-33-22)25-19-15-24(32-3)23(31-2)14-17(19)11-12-29(25)16-18-8-5-6-9-20(18)27/h5-10,13-15,21,25H,4,11-12,16H2,1-3H3,(H,28,30). The number of rotatable bonds is 8. The molecule has 2 unspecified atom stereocenters. The van der Waals surface area contributed by atoms with Crippen LogP contribution < -0.4 is 14.8 Å². The first-order valence-electron chi connectivity index (χ1n) is 11.1. The van der Waals surface area contributed by atoms with Crippen LogP contribution in [0.5, 0.6) is 11.5 Å². The third kappa shape index (κ3) is 4.73. The van der Waals surface area contributed by atoms with Gasteiger partial charge in [0.25, 0.3) is 5.91 Å². The van der Waals surface area contributed by atoms with Crippen LogP contribution >= 0.6 is 0 Å². The van der Waals surface area contributed by atoms with Gasteiger partial charge in [0.05, 0.1) is 26.5 Å². The molecule has 7 heteroatoms. The summed E-state index contributed by atoms with van der Waals surface area (Å²) in [6.45, 7) is 3.18. The van der Waals surface area contributed by atoms with Crippen LogP contribution in [0.4, 0.5) is 4.39 Å². The van der Waals surface area contributed by atoms with E-state index in [4.69, 9.17) is 13.9 Å². The molecule has 1 aliphatic heterocycles. The Morgan fingerprint density at radius 3 is 2.61 bits per heavy atom. The number of nitrogens with zero attached hydrogens (tertiary/aromatic N) is 1. The predicted molar refractivity (Wildman–Crippen MR) is 123 cm³/mol. The largest absolute Gasteiger partial charge is 0.493 e. The second-order valence-corrected chi connectivity index (χ2v) is 8.13. The highest BCUT2D eigenvalue weighted by Crippen LogP contribution is 2.40. The average Bonchev–Trinajstić information content (AvgIpc) is 3.38. The summed E-state index contributed by atoms with van der Waals surface area (Å²) in [4.78, 5) is 15.1. The second-order valence-electron chi connectivity index (χ2n) is 8.13. The fraction of sp³-hybridized carbons (Fsp3) is 0.346. The number of furan rings is 1. The molecule has 1 aromatic heterocycles. The van der Waals surface area contributed by atoms with Crippen LogP contribution in [-0.2, 0) is 13.0 Å². The van der Waals surface area contributed by atoms with Crippen molar-refractivity contribution in [1.29, 1.82) is 0 Å². The lowest BCUT2D eigenvalue weighted by molar-refractivity contribution is 0.0831. The van der Waals surface area contributed by atoms with Crippen LogP contribution in [0.15, 0.2) is 59.2 Å². The molecule has 0 aliphatic carbocycles. The monoisotopic (exact) mass is 452 g/mol. The van der Waals surface area contributed by atoms with Crippen molar-refractivity contribution in [3.8, 4) is 11.5 Å². The van der Waals surface area contributed by atoms with Crippen molar-refractivity contribution in [1.82, 2.24) is 10.2 Å². The molecule has 2 heterocycles. The predicted octanol–water partition coefficient (Wildman–Crippen LogP) is 4.74. The first-order chi connectivity index (χ1) is 16.0. The van der Waals surface area contributed by atoms with E-state index >= 15 is 0 Å². The van der Waals surface area contributed by atoms with Crippen LogP contribution in [0, 0.1) is 5.82 Å². The van der Waals surface area contributed by atoms with Gasteiger partial charge in [0, 0.05) is 24.7 Å². The molecule has 0 radical (unpaired) electrons. The van der Waals surface area contributed by atoms with Gasteiger partial charge in [-0.3, -0.25) is 9.69 Å². The normalized spacial score (nSPS) is 16.7. The van der Waals surface area contributed by atoms with Gasteiger partial charge in [-0.1, -0.05) is 25.1 Å². The molecule has 1 amide bonds. The van der Waals surface area contributed by atoms with Crippen LogP contribution in [0.3, 0.4) is 0 Å². The molecule has 2 aromatic carbocycles. The number of amides is 1. The fourth-order valence-corrected chi connectivity index (χ4v) is 4.57. The molecular weight excluding hydrogens is 423 g/mol. The van der Waals surface area contributed by atoms with E-state index in [0.29, 0.717) is 36.6 Å². The van der Waals surface area contributed by atoms with Gasteiger partial charge in [-0.05, 0) is 54.3 Å².